The standard InChI is InChI=1S/C23H24Cl2N2OS/c1-14(2)11-15-5-7-16(8-6-15)23(3,21(28)26-4)22-27-20(13-29-22)18-10-9-17(24)12-19(18)25/h5-10,12-14H,11H2,1-4H3,(H,26,28). The molecule has 1 unspecified atom stereocenters. The number of nitrogens with one attached hydrogen (secondary N) is 1. The van der Waals surface area contributed by atoms with Crippen molar-refractivity contribution in [2.75, 3.05) is 7.05 Å². The maximum atomic E-state index is 13.0. The Hall–Kier alpha value is -1.88. The Labute approximate surface area is 186 Å². The lowest BCUT2D eigenvalue weighted by Gasteiger charge is -2.26. The predicted molar refractivity (Wildman–Crippen MR) is 123 cm³/mol. The Morgan fingerprint density at radius 2 is 1.86 bits per heavy atom. The van der Waals surface area contributed by atoms with Crippen LogP contribution in [0.2, 0.25) is 10.0 Å². The van der Waals surface area contributed by atoms with Crippen LogP contribution in [0, 0.1) is 5.92 Å². The first kappa shape index (κ1) is 21.8. The van der Waals surface area contributed by atoms with Crippen molar-refractivity contribution < 1.29 is 4.79 Å². The van der Waals surface area contributed by atoms with Crippen LogP contribution < -0.4 is 5.32 Å². The Balaban J connectivity index is 2.03. The molecule has 1 atom stereocenters. The first-order valence-electron chi connectivity index (χ1n) is 9.48. The lowest BCUT2D eigenvalue weighted by atomic mass is 9.81. The van der Waals surface area contributed by atoms with E-state index in [9.17, 15) is 4.79 Å². The normalized spacial score (nSPS) is 13.3. The summed E-state index contributed by atoms with van der Waals surface area (Å²) >= 11 is 13.8. The number of carbonyl (C=O) groups is 1. The third-order valence-electron chi connectivity index (χ3n) is 5.00. The van der Waals surface area contributed by atoms with Gasteiger partial charge < -0.3 is 5.32 Å². The van der Waals surface area contributed by atoms with Crippen LogP contribution in [0.15, 0.2) is 47.8 Å². The third kappa shape index (κ3) is 4.50. The maximum Gasteiger partial charge on any atom is 0.237 e. The SMILES string of the molecule is CNC(=O)C(C)(c1ccc(CC(C)C)cc1)c1nc(-c2ccc(Cl)cc2Cl)cs1. The number of amides is 1. The summed E-state index contributed by atoms with van der Waals surface area (Å²) in [7, 11) is 1.65. The first-order chi connectivity index (χ1) is 13.8. The van der Waals surface area contributed by atoms with Gasteiger partial charge in [-0.3, -0.25) is 4.79 Å². The highest BCUT2D eigenvalue weighted by Gasteiger charge is 2.39. The molecule has 3 aromatic rings. The molecule has 1 heterocycles. The monoisotopic (exact) mass is 446 g/mol. The molecule has 2 aromatic carbocycles. The summed E-state index contributed by atoms with van der Waals surface area (Å²) in [4.78, 5) is 17.8. The fraction of sp³-hybridized carbons (Fsp3) is 0.304. The molecule has 0 bridgehead atoms. The average molecular weight is 447 g/mol. The number of nitrogens with zero attached hydrogens (tertiary/aromatic N) is 1. The van der Waals surface area contributed by atoms with Crippen LogP contribution >= 0.6 is 34.5 Å². The Morgan fingerprint density at radius 3 is 2.45 bits per heavy atom. The van der Waals surface area contributed by atoms with Gasteiger partial charge in [0.05, 0.1) is 10.7 Å². The summed E-state index contributed by atoms with van der Waals surface area (Å²) in [5, 5.41) is 6.56. The van der Waals surface area contributed by atoms with Crippen LogP contribution in [-0.2, 0) is 16.6 Å². The number of rotatable bonds is 6. The molecule has 6 heteroatoms. The van der Waals surface area contributed by atoms with E-state index in [1.54, 1.807) is 19.2 Å². The smallest absolute Gasteiger partial charge is 0.237 e. The van der Waals surface area contributed by atoms with Gasteiger partial charge >= 0.3 is 0 Å². The van der Waals surface area contributed by atoms with Gasteiger partial charge in [-0.1, -0.05) is 61.3 Å². The number of benzene rings is 2. The molecule has 0 aliphatic carbocycles. The van der Waals surface area contributed by atoms with Crippen LogP contribution in [0.1, 0.15) is 36.9 Å². The van der Waals surface area contributed by atoms with Crippen molar-refractivity contribution in [1.29, 1.82) is 0 Å². The first-order valence-corrected chi connectivity index (χ1v) is 11.1. The molecule has 29 heavy (non-hydrogen) atoms. The molecule has 0 aliphatic heterocycles. The summed E-state index contributed by atoms with van der Waals surface area (Å²) in [5.41, 5.74) is 2.80. The number of carbonyl (C=O) groups excluding carboxylic acids is 1. The molecule has 0 aliphatic rings. The fourth-order valence-corrected chi connectivity index (χ4v) is 4.88. The molecule has 3 nitrogen and oxygen atoms in total. The number of likely N-dealkylation sites (N-methyl/N-ethyl adjacent to an activating group) is 1. The van der Waals surface area contributed by atoms with E-state index in [-0.39, 0.29) is 5.91 Å². The zero-order valence-electron chi connectivity index (χ0n) is 16.9. The van der Waals surface area contributed by atoms with Crippen molar-refractivity contribution in [2.45, 2.75) is 32.6 Å². The second-order valence-electron chi connectivity index (χ2n) is 7.66. The minimum Gasteiger partial charge on any atom is -0.358 e. The Kier molecular flexibility index (Phi) is 6.67. The van der Waals surface area contributed by atoms with Crippen LogP contribution in [-0.4, -0.2) is 17.9 Å². The molecule has 0 radical (unpaired) electrons. The molecule has 0 spiro atoms. The number of hydrogen-bond acceptors (Lipinski definition) is 3. The maximum absolute atomic E-state index is 13.0. The predicted octanol–water partition coefficient (Wildman–Crippen LogP) is 6.37. The van der Waals surface area contributed by atoms with E-state index in [1.807, 2.05) is 30.5 Å². The van der Waals surface area contributed by atoms with Gasteiger partial charge in [0.15, 0.2) is 0 Å². The van der Waals surface area contributed by atoms with Crippen LogP contribution in [0.5, 0.6) is 0 Å². The van der Waals surface area contributed by atoms with Gasteiger partial charge in [0.25, 0.3) is 0 Å². The summed E-state index contributed by atoms with van der Waals surface area (Å²) in [6, 6.07) is 13.6. The van der Waals surface area contributed by atoms with Crippen LogP contribution in [0.25, 0.3) is 11.3 Å². The largest absolute Gasteiger partial charge is 0.358 e. The van der Waals surface area contributed by atoms with E-state index in [0.29, 0.717) is 16.0 Å². The van der Waals surface area contributed by atoms with E-state index in [4.69, 9.17) is 28.2 Å². The molecular weight excluding hydrogens is 423 g/mol. The van der Waals surface area contributed by atoms with Crippen molar-refractivity contribution in [3.63, 3.8) is 0 Å². The highest BCUT2D eigenvalue weighted by Crippen LogP contribution is 2.38. The summed E-state index contributed by atoms with van der Waals surface area (Å²) in [5.74, 6) is 0.481. The molecule has 0 fully saturated rings. The average Bonchev–Trinajstić information content (AvgIpc) is 3.17. The van der Waals surface area contributed by atoms with Crippen molar-refractivity contribution in [3.05, 3.63) is 74.0 Å². The van der Waals surface area contributed by atoms with Crippen molar-refractivity contribution in [1.82, 2.24) is 10.3 Å². The van der Waals surface area contributed by atoms with E-state index >= 15 is 0 Å². The summed E-state index contributed by atoms with van der Waals surface area (Å²) in [6.07, 6.45) is 1.01. The summed E-state index contributed by atoms with van der Waals surface area (Å²) in [6.45, 7) is 6.30. The minimum atomic E-state index is -0.896. The number of halogens is 2. The number of thiazole rings is 1. The van der Waals surface area contributed by atoms with E-state index < -0.39 is 5.41 Å². The van der Waals surface area contributed by atoms with E-state index in [2.05, 4.69) is 31.3 Å². The van der Waals surface area contributed by atoms with E-state index in [0.717, 1.165) is 28.2 Å². The number of aromatic nitrogens is 1. The van der Waals surface area contributed by atoms with Gasteiger partial charge in [-0.2, -0.15) is 0 Å². The van der Waals surface area contributed by atoms with Crippen LogP contribution in [0.4, 0.5) is 0 Å². The topological polar surface area (TPSA) is 42.0 Å². The summed E-state index contributed by atoms with van der Waals surface area (Å²) < 4.78 is 0. The molecule has 1 aromatic heterocycles. The van der Waals surface area contributed by atoms with Gasteiger partial charge in [0.2, 0.25) is 5.91 Å². The lowest BCUT2D eigenvalue weighted by Crippen LogP contribution is -2.41. The van der Waals surface area contributed by atoms with Crippen molar-refractivity contribution >= 4 is 40.4 Å². The van der Waals surface area contributed by atoms with Crippen molar-refractivity contribution in [3.8, 4) is 11.3 Å². The second-order valence-corrected chi connectivity index (χ2v) is 9.36. The van der Waals surface area contributed by atoms with Gasteiger partial charge in [-0.05, 0) is 48.6 Å². The highest BCUT2D eigenvalue weighted by atomic mass is 35.5. The van der Waals surface area contributed by atoms with Gasteiger partial charge in [-0.15, -0.1) is 11.3 Å². The Morgan fingerprint density at radius 1 is 1.17 bits per heavy atom. The third-order valence-corrected chi connectivity index (χ3v) is 6.61. The molecule has 152 valence electrons. The molecule has 1 N–H and O–H groups in total. The number of hydrogen-bond donors (Lipinski definition) is 1. The molecule has 0 saturated carbocycles. The van der Waals surface area contributed by atoms with Gasteiger partial charge in [0, 0.05) is 23.0 Å². The second kappa shape index (κ2) is 8.86. The fourth-order valence-electron chi connectivity index (χ4n) is 3.37. The van der Waals surface area contributed by atoms with Crippen LogP contribution in [0.3, 0.4) is 0 Å². The zero-order valence-corrected chi connectivity index (χ0v) is 19.3. The van der Waals surface area contributed by atoms with E-state index in [1.165, 1.54) is 16.9 Å². The molecule has 1 amide bonds. The zero-order chi connectivity index (χ0) is 21.2. The molecular formula is C23H24Cl2N2OS. The van der Waals surface area contributed by atoms with Gasteiger partial charge in [-0.25, -0.2) is 4.98 Å². The lowest BCUT2D eigenvalue weighted by molar-refractivity contribution is -0.124. The van der Waals surface area contributed by atoms with Gasteiger partial charge in [0.1, 0.15) is 10.4 Å². The Bertz CT molecular complexity index is 1010. The minimum absolute atomic E-state index is 0.0998. The van der Waals surface area contributed by atoms with Crippen molar-refractivity contribution in [2.24, 2.45) is 5.92 Å². The quantitative estimate of drug-likeness (QED) is 0.477. The highest BCUT2D eigenvalue weighted by molar-refractivity contribution is 7.10. The molecule has 3 rings (SSSR count). The molecule has 0 saturated heterocycles.